The van der Waals surface area contributed by atoms with Gasteiger partial charge in [-0.2, -0.15) is 0 Å². The summed E-state index contributed by atoms with van der Waals surface area (Å²) in [5.41, 5.74) is 7.98. The number of nitrogens with one attached hydrogen (secondary N) is 1. The quantitative estimate of drug-likeness (QED) is 0.333. The first kappa shape index (κ1) is 23.5. The molecule has 1 amide bonds. The molecule has 0 spiro atoms. The monoisotopic (exact) mass is 476 g/mol. The first-order valence-electron chi connectivity index (χ1n) is 12.2. The number of fused-ring (bicyclic) bond motifs is 2. The highest BCUT2D eigenvalue weighted by Gasteiger charge is 2.26. The van der Waals surface area contributed by atoms with Crippen LogP contribution in [0.25, 0.3) is 22.6 Å². The molecule has 0 unspecified atom stereocenters. The summed E-state index contributed by atoms with van der Waals surface area (Å²) in [7, 11) is 0. The van der Waals surface area contributed by atoms with Crippen molar-refractivity contribution in [3.05, 3.63) is 106 Å². The molecule has 36 heavy (non-hydrogen) atoms. The molecule has 5 rings (SSSR count). The van der Waals surface area contributed by atoms with Gasteiger partial charge in [0.2, 0.25) is 0 Å². The van der Waals surface area contributed by atoms with Gasteiger partial charge in [-0.15, -0.1) is 0 Å². The Labute approximate surface area is 210 Å². The van der Waals surface area contributed by atoms with E-state index in [1.165, 1.54) is 0 Å². The van der Waals surface area contributed by atoms with E-state index in [0.717, 1.165) is 69.4 Å². The SMILES string of the molecule is Cc1cccc(NC(=O)COC(=O)c2c3c(nc4ccccc24)/C(=C/c2ccccc2)CCC3)c1C. The molecular formula is C31H28N2O3. The molecule has 1 N–H and O–H groups in total. The Balaban J connectivity index is 1.45. The average Bonchev–Trinajstić information content (AvgIpc) is 2.89. The Kier molecular flexibility index (Phi) is 6.63. The highest BCUT2D eigenvalue weighted by atomic mass is 16.5. The molecule has 0 fully saturated rings. The number of benzene rings is 3. The molecule has 5 heteroatoms. The largest absolute Gasteiger partial charge is 0.452 e. The summed E-state index contributed by atoms with van der Waals surface area (Å²) in [6, 6.07) is 23.5. The maximum atomic E-state index is 13.4. The summed E-state index contributed by atoms with van der Waals surface area (Å²) >= 11 is 0. The standard InChI is InChI=1S/C31H28N2O3/c1-20-10-8-17-26(21(20)2)32-28(34)19-36-31(35)29-24-14-6-7-16-27(24)33-30-23(13-9-15-25(29)30)18-22-11-4-3-5-12-22/h3-8,10-12,14,16-18H,9,13,15,19H2,1-2H3,(H,32,34)/b23-18+. The Morgan fingerprint density at radius 3 is 2.56 bits per heavy atom. The molecule has 3 aromatic carbocycles. The zero-order valence-electron chi connectivity index (χ0n) is 20.5. The van der Waals surface area contributed by atoms with Gasteiger partial charge in [0.25, 0.3) is 5.91 Å². The summed E-state index contributed by atoms with van der Waals surface area (Å²) in [5.74, 6) is -0.865. The summed E-state index contributed by atoms with van der Waals surface area (Å²) in [6.07, 6.45) is 4.68. The molecule has 0 radical (unpaired) electrons. The Bertz CT molecular complexity index is 1490. The van der Waals surface area contributed by atoms with E-state index in [2.05, 4.69) is 23.5 Å². The lowest BCUT2D eigenvalue weighted by Crippen LogP contribution is -2.23. The zero-order valence-corrected chi connectivity index (χ0v) is 20.5. The molecule has 0 aliphatic heterocycles. The van der Waals surface area contributed by atoms with Crippen molar-refractivity contribution in [2.75, 3.05) is 11.9 Å². The number of esters is 1. The summed E-state index contributed by atoms with van der Waals surface area (Å²) < 4.78 is 5.56. The first-order valence-corrected chi connectivity index (χ1v) is 12.2. The van der Waals surface area contributed by atoms with E-state index >= 15 is 0 Å². The smallest absolute Gasteiger partial charge is 0.339 e. The number of rotatable bonds is 5. The fraction of sp³-hybridized carbons (Fsp3) is 0.194. The number of pyridine rings is 1. The van der Waals surface area contributed by atoms with Crippen LogP contribution in [0.15, 0.2) is 72.8 Å². The van der Waals surface area contributed by atoms with E-state index < -0.39 is 5.97 Å². The van der Waals surface area contributed by atoms with Crippen LogP contribution in [0.5, 0.6) is 0 Å². The molecule has 5 nitrogen and oxygen atoms in total. The number of aryl methyl sites for hydroxylation is 1. The van der Waals surface area contributed by atoms with Gasteiger partial charge < -0.3 is 10.1 Å². The third-order valence-electron chi connectivity index (χ3n) is 6.73. The van der Waals surface area contributed by atoms with Crippen LogP contribution in [-0.4, -0.2) is 23.5 Å². The number of anilines is 1. The lowest BCUT2D eigenvalue weighted by molar-refractivity contribution is -0.119. The van der Waals surface area contributed by atoms with E-state index in [0.29, 0.717) is 5.56 Å². The third kappa shape index (κ3) is 4.78. The van der Waals surface area contributed by atoms with Crippen LogP contribution in [0.1, 0.15) is 51.1 Å². The number of hydrogen-bond acceptors (Lipinski definition) is 4. The lowest BCUT2D eigenvalue weighted by atomic mass is 9.86. The van der Waals surface area contributed by atoms with Gasteiger partial charge in [-0.3, -0.25) is 4.79 Å². The Hall–Kier alpha value is -4.25. The summed E-state index contributed by atoms with van der Waals surface area (Å²) in [5, 5.41) is 3.60. The van der Waals surface area contributed by atoms with Crippen LogP contribution in [0.2, 0.25) is 0 Å². The van der Waals surface area contributed by atoms with Crippen molar-refractivity contribution >= 4 is 40.1 Å². The predicted octanol–water partition coefficient (Wildman–Crippen LogP) is 6.52. The van der Waals surface area contributed by atoms with Gasteiger partial charge in [0, 0.05) is 11.1 Å². The summed E-state index contributed by atoms with van der Waals surface area (Å²) in [4.78, 5) is 31.0. The van der Waals surface area contributed by atoms with E-state index in [4.69, 9.17) is 9.72 Å². The van der Waals surface area contributed by atoms with Crippen LogP contribution in [0, 0.1) is 13.8 Å². The minimum Gasteiger partial charge on any atom is -0.452 e. The van der Waals surface area contributed by atoms with Crippen LogP contribution >= 0.6 is 0 Å². The predicted molar refractivity (Wildman–Crippen MR) is 144 cm³/mol. The average molecular weight is 477 g/mol. The zero-order chi connectivity index (χ0) is 25.1. The minimum absolute atomic E-state index is 0.357. The Morgan fingerprint density at radius 2 is 1.72 bits per heavy atom. The van der Waals surface area contributed by atoms with Crippen molar-refractivity contribution in [3.63, 3.8) is 0 Å². The minimum atomic E-state index is -0.498. The van der Waals surface area contributed by atoms with Gasteiger partial charge in [-0.1, -0.05) is 60.7 Å². The second-order valence-electron chi connectivity index (χ2n) is 9.14. The van der Waals surface area contributed by atoms with Gasteiger partial charge in [0.05, 0.1) is 16.8 Å². The number of carbonyl (C=O) groups is 2. The van der Waals surface area contributed by atoms with E-state index in [-0.39, 0.29) is 12.5 Å². The Morgan fingerprint density at radius 1 is 0.944 bits per heavy atom. The molecule has 180 valence electrons. The molecule has 4 aromatic rings. The maximum absolute atomic E-state index is 13.4. The topological polar surface area (TPSA) is 68.3 Å². The number of aromatic nitrogens is 1. The van der Waals surface area contributed by atoms with Crippen molar-refractivity contribution in [1.29, 1.82) is 0 Å². The number of hydrogen-bond donors (Lipinski definition) is 1. The number of carbonyl (C=O) groups excluding carboxylic acids is 2. The number of allylic oxidation sites excluding steroid dienone is 1. The van der Waals surface area contributed by atoms with Crippen molar-refractivity contribution in [2.45, 2.75) is 33.1 Å². The van der Waals surface area contributed by atoms with Crippen molar-refractivity contribution in [1.82, 2.24) is 4.98 Å². The molecule has 1 aliphatic rings. The van der Waals surface area contributed by atoms with Crippen molar-refractivity contribution in [3.8, 4) is 0 Å². The third-order valence-corrected chi connectivity index (χ3v) is 6.73. The van der Waals surface area contributed by atoms with Gasteiger partial charge >= 0.3 is 5.97 Å². The molecule has 1 aliphatic carbocycles. The summed E-state index contributed by atoms with van der Waals surface area (Å²) in [6.45, 7) is 3.58. The van der Waals surface area contributed by atoms with Crippen LogP contribution in [-0.2, 0) is 16.0 Å². The molecule has 0 bridgehead atoms. The molecule has 1 heterocycles. The first-order chi connectivity index (χ1) is 17.5. The number of nitrogens with zero attached hydrogens (tertiary/aromatic N) is 1. The van der Waals surface area contributed by atoms with Crippen LogP contribution < -0.4 is 5.32 Å². The van der Waals surface area contributed by atoms with Crippen molar-refractivity contribution < 1.29 is 14.3 Å². The molecule has 0 saturated carbocycles. The number of amides is 1. The second-order valence-corrected chi connectivity index (χ2v) is 9.14. The van der Waals surface area contributed by atoms with Crippen LogP contribution in [0.4, 0.5) is 5.69 Å². The van der Waals surface area contributed by atoms with E-state index in [1.54, 1.807) is 0 Å². The maximum Gasteiger partial charge on any atom is 0.339 e. The molecule has 0 atom stereocenters. The fourth-order valence-corrected chi connectivity index (χ4v) is 4.73. The van der Waals surface area contributed by atoms with Gasteiger partial charge in [0.1, 0.15) is 0 Å². The van der Waals surface area contributed by atoms with Crippen LogP contribution in [0.3, 0.4) is 0 Å². The lowest BCUT2D eigenvalue weighted by Gasteiger charge is -2.22. The normalized spacial score (nSPS) is 13.9. The number of ether oxygens (including phenoxy) is 1. The fourth-order valence-electron chi connectivity index (χ4n) is 4.73. The highest BCUT2D eigenvalue weighted by molar-refractivity contribution is 6.07. The van der Waals surface area contributed by atoms with Crippen molar-refractivity contribution in [2.24, 2.45) is 0 Å². The molecular weight excluding hydrogens is 448 g/mol. The van der Waals surface area contributed by atoms with Gasteiger partial charge in [-0.05, 0) is 79.1 Å². The highest BCUT2D eigenvalue weighted by Crippen LogP contribution is 2.36. The molecule has 1 aromatic heterocycles. The molecule has 0 saturated heterocycles. The van der Waals surface area contributed by atoms with Gasteiger partial charge in [0.15, 0.2) is 6.61 Å². The van der Waals surface area contributed by atoms with E-state index in [1.807, 2.05) is 74.5 Å². The second kappa shape index (κ2) is 10.2. The van der Waals surface area contributed by atoms with Gasteiger partial charge in [-0.25, -0.2) is 9.78 Å². The van der Waals surface area contributed by atoms with E-state index in [9.17, 15) is 9.59 Å². The number of para-hydroxylation sites is 1.